The first-order valence-electron chi connectivity index (χ1n) is 12.2. The molecule has 2 fully saturated rings. The Hall–Kier alpha value is -3.76. The van der Waals surface area contributed by atoms with Crippen LogP contribution in [0.4, 0.5) is 5.82 Å². The third-order valence-corrected chi connectivity index (χ3v) is 6.92. The number of fused-ring (bicyclic) bond motifs is 1. The van der Waals surface area contributed by atoms with Crippen LogP contribution in [-0.2, 0) is 4.79 Å². The highest BCUT2D eigenvalue weighted by molar-refractivity contribution is 5.96. The van der Waals surface area contributed by atoms with Gasteiger partial charge < -0.3 is 14.9 Å². The van der Waals surface area contributed by atoms with Crippen molar-refractivity contribution in [3.05, 3.63) is 59.9 Å². The summed E-state index contributed by atoms with van der Waals surface area (Å²) in [5, 5.41) is 20.3. The van der Waals surface area contributed by atoms with Gasteiger partial charge in [-0.2, -0.15) is 5.26 Å². The molecule has 1 N–H and O–H groups in total. The van der Waals surface area contributed by atoms with Crippen LogP contribution in [0.2, 0.25) is 0 Å². The molecule has 1 amide bonds. The fraction of sp³-hybridized carbons (Fsp3) is 0.357. The van der Waals surface area contributed by atoms with Crippen LogP contribution in [0.5, 0.6) is 0 Å². The molecule has 178 valence electrons. The van der Waals surface area contributed by atoms with E-state index >= 15 is 0 Å². The Balaban J connectivity index is 1.58. The van der Waals surface area contributed by atoms with Gasteiger partial charge in [0.1, 0.15) is 11.9 Å². The van der Waals surface area contributed by atoms with E-state index in [0.29, 0.717) is 36.9 Å². The van der Waals surface area contributed by atoms with Crippen LogP contribution in [0.15, 0.2) is 43.0 Å². The Morgan fingerprint density at radius 2 is 2.03 bits per heavy atom. The quantitative estimate of drug-likeness (QED) is 0.587. The lowest BCUT2D eigenvalue weighted by molar-refractivity contribution is -0.134. The summed E-state index contributed by atoms with van der Waals surface area (Å²) in [6.45, 7) is 7.52. The number of pyridine rings is 2. The number of amides is 1. The smallest absolute Gasteiger partial charge is 0.225 e. The third-order valence-electron chi connectivity index (χ3n) is 6.92. The summed E-state index contributed by atoms with van der Waals surface area (Å²) in [6, 6.07) is 14.4. The first-order chi connectivity index (χ1) is 17.0. The fourth-order valence-corrected chi connectivity index (χ4v) is 5.01. The van der Waals surface area contributed by atoms with Crippen LogP contribution in [0.25, 0.3) is 28.1 Å². The van der Waals surface area contributed by atoms with E-state index in [1.54, 1.807) is 6.08 Å². The average Bonchev–Trinajstić information content (AvgIpc) is 3.72. The number of nitrogens with zero attached hydrogens (tertiary/aromatic N) is 5. The minimum absolute atomic E-state index is 0.0283. The highest BCUT2D eigenvalue weighted by Crippen LogP contribution is 2.46. The molecule has 2 aliphatic rings. The van der Waals surface area contributed by atoms with Crippen molar-refractivity contribution in [2.24, 2.45) is 0 Å². The normalized spacial score (nSPS) is 17.9. The lowest BCUT2D eigenvalue weighted by Gasteiger charge is -2.41. The summed E-state index contributed by atoms with van der Waals surface area (Å²) < 4.78 is 0. The molecule has 1 saturated heterocycles. The van der Waals surface area contributed by atoms with E-state index < -0.39 is 0 Å². The van der Waals surface area contributed by atoms with Crippen molar-refractivity contribution in [2.45, 2.75) is 38.1 Å². The number of carbonyl (C=O) groups excluding carboxylic acids is 1. The van der Waals surface area contributed by atoms with Gasteiger partial charge in [0.25, 0.3) is 0 Å². The van der Waals surface area contributed by atoms with Crippen LogP contribution in [0.3, 0.4) is 0 Å². The topological polar surface area (TPSA) is 93.4 Å². The van der Waals surface area contributed by atoms with E-state index in [4.69, 9.17) is 10.1 Å². The lowest BCUT2D eigenvalue weighted by atomic mass is 9.95. The number of para-hydroxylation sites is 1. The van der Waals surface area contributed by atoms with E-state index in [1.807, 2.05) is 42.2 Å². The maximum absolute atomic E-state index is 12.4. The van der Waals surface area contributed by atoms with E-state index in [-0.39, 0.29) is 25.0 Å². The van der Waals surface area contributed by atoms with Crippen molar-refractivity contribution in [3.8, 4) is 17.2 Å². The molecule has 0 radical (unpaired) electrons. The second kappa shape index (κ2) is 9.47. The first-order valence-corrected chi connectivity index (χ1v) is 12.2. The van der Waals surface area contributed by atoms with Gasteiger partial charge in [-0.3, -0.25) is 4.79 Å². The van der Waals surface area contributed by atoms with Gasteiger partial charge in [0, 0.05) is 49.0 Å². The van der Waals surface area contributed by atoms with Crippen LogP contribution < -0.4 is 4.90 Å². The molecule has 1 aliphatic heterocycles. The van der Waals surface area contributed by atoms with Gasteiger partial charge in [-0.05, 0) is 49.6 Å². The van der Waals surface area contributed by atoms with Gasteiger partial charge in [0.05, 0.1) is 29.1 Å². The summed E-state index contributed by atoms with van der Waals surface area (Å²) in [5.74, 6) is 1.03. The van der Waals surface area contributed by atoms with Crippen molar-refractivity contribution in [2.75, 3.05) is 31.1 Å². The second-order valence-electron chi connectivity index (χ2n) is 9.35. The summed E-state index contributed by atoms with van der Waals surface area (Å²) in [4.78, 5) is 26.1. The largest absolute Gasteiger partial charge is 0.396 e. The zero-order chi connectivity index (χ0) is 24.5. The number of aromatic nitrogens is 2. The van der Waals surface area contributed by atoms with E-state index in [9.17, 15) is 10.1 Å². The van der Waals surface area contributed by atoms with Crippen LogP contribution in [-0.4, -0.2) is 58.2 Å². The number of carbonyl (C=O) groups is 1. The predicted octanol–water partition coefficient (Wildman–Crippen LogP) is 4.11. The highest BCUT2D eigenvalue weighted by atomic mass is 16.3. The third kappa shape index (κ3) is 4.38. The number of benzene rings is 1. The molecule has 1 aliphatic carbocycles. The number of nitriles is 1. The fourth-order valence-electron chi connectivity index (χ4n) is 5.01. The SMILES string of the molecule is C=Cc1cc(-c2cc(C#N)c(N3CCN(C(=O)CCO)[C@H](C)C3)nc2C2CC2)c2ccccc2n1. The van der Waals surface area contributed by atoms with Crippen molar-refractivity contribution < 1.29 is 9.90 Å². The van der Waals surface area contributed by atoms with Crippen LogP contribution >= 0.6 is 0 Å². The molecule has 7 nitrogen and oxygen atoms in total. The molecule has 1 atom stereocenters. The molecular formula is C28H29N5O2. The van der Waals surface area contributed by atoms with Gasteiger partial charge in [-0.25, -0.2) is 9.97 Å². The Labute approximate surface area is 205 Å². The van der Waals surface area contributed by atoms with E-state index in [1.165, 1.54) is 0 Å². The van der Waals surface area contributed by atoms with Crippen molar-refractivity contribution in [1.82, 2.24) is 14.9 Å². The summed E-state index contributed by atoms with van der Waals surface area (Å²) >= 11 is 0. The molecule has 0 unspecified atom stereocenters. The summed E-state index contributed by atoms with van der Waals surface area (Å²) in [7, 11) is 0. The van der Waals surface area contributed by atoms with Crippen molar-refractivity contribution >= 4 is 28.7 Å². The van der Waals surface area contributed by atoms with Gasteiger partial charge in [-0.15, -0.1) is 0 Å². The molecular weight excluding hydrogens is 438 g/mol. The monoisotopic (exact) mass is 467 g/mol. The molecule has 0 spiro atoms. The number of hydrogen-bond acceptors (Lipinski definition) is 6. The zero-order valence-electron chi connectivity index (χ0n) is 19.9. The number of anilines is 1. The van der Waals surface area contributed by atoms with Crippen molar-refractivity contribution in [3.63, 3.8) is 0 Å². The molecule has 35 heavy (non-hydrogen) atoms. The highest BCUT2D eigenvalue weighted by Gasteiger charge is 2.33. The first kappa shape index (κ1) is 23.0. The standard InChI is InChI=1S/C28H29N5O2/c1-3-21-15-23(22-6-4-5-7-25(22)30-21)24-14-20(16-29)28(31-27(24)19-8-9-19)32-11-12-33(18(2)17-32)26(35)10-13-34/h3-7,14-15,18-19,34H,1,8-13,17H2,2H3/t18-/m1/s1. The van der Waals surface area contributed by atoms with Gasteiger partial charge >= 0.3 is 0 Å². The Morgan fingerprint density at radius 3 is 2.71 bits per heavy atom. The number of rotatable bonds is 6. The Kier molecular flexibility index (Phi) is 6.23. The minimum atomic E-state index is -0.143. The van der Waals surface area contributed by atoms with Crippen LogP contribution in [0.1, 0.15) is 49.1 Å². The second-order valence-corrected chi connectivity index (χ2v) is 9.35. The summed E-state index contributed by atoms with van der Waals surface area (Å²) in [5.41, 5.74) is 5.25. The van der Waals surface area contributed by atoms with Crippen molar-refractivity contribution in [1.29, 1.82) is 5.26 Å². The number of aliphatic hydroxyl groups excluding tert-OH is 1. The predicted molar refractivity (Wildman–Crippen MR) is 137 cm³/mol. The molecule has 2 aromatic heterocycles. The minimum Gasteiger partial charge on any atom is -0.396 e. The lowest BCUT2D eigenvalue weighted by Crippen LogP contribution is -2.54. The van der Waals surface area contributed by atoms with Gasteiger partial charge in [-0.1, -0.05) is 24.8 Å². The van der Waals surface area contributed by atoms with Gasteiger partial charge in [0.15, 0.2) is 0 Å². The molecule has 3 aromatic rings. The molecule has 1 aromatic carbocycles. The Bertz CT molecular complexity index is 1340. The molecule has 3 heterocycles. The van der Waals surface area contributed by atoms with E-state index in [0.717, 1.165) is 46.3 Å². The number of aliphatic hydroxyl groups is 1. The maximum atomic E-state index is 12.4. The van der Waals surface area contributed by atoms with Crippen LogP contribution in [0, 0.1) is 11.3 Å². The van der Waals surface area contributed by atoms with Gasteiger partial charge in [0.2, 0.25) is 5.91 Å². The summed E-state index contributed by atoms with van der Waals surface area (Å²) in [6.07, 6.45) is 4.06. The molecule has 0 bridgehead atoms. The Morgan fingerprint density at radius 1 is 1.23 bits per heavy atom. The average molecular weight is 468 g/mol. The number of piperazine rings is 1. The van der Waals surface area contributed by atoms with E-state index in [2.05, 4.69) is 28.6 Å². The number of hydrogen-bond donors (Lipinski definition) is 1. The molecule has 5 rings (SSSR count). The maximum Gasteiger partial charge on any atom is 0.225 e. The zero-order valence-corrected chi connectivity index (χ0v) is 19.9. The molecule has 1 saturated carbocycles. The molecule has 7 heteroatoms.